The van der Waals surface area contributed by atoms with Gasteiger partial charge in [-0.1, -0.05) is 23.2 Å². The molecule has 0 aliphatic carbocycles. The number of halogens is 2. The SMILES string of the molecule is CCOC(=O)CCC(NC(=O)c1cc(Cl)c(N(CC)Cc2cnc3nc(N)nc(N)c3n2)c(Cl)c1)C(=O)OCC. The van der Waals surface area contributed by atoms with Crippen molar-refractivity contribution in [1.29, 1.82) is 0 Å². The number of ether oxygens (including phenoxy) is 2. The number of rotatable bonds is 12. The summed E-state index contributed by atoms with van der Waals surface area (Å²) < 4.78 is 9.95. The van der Waals surface area contributed by atoms with Crippen LogP contribution >= 0.6 is 23.2 Å². The van der Waals surface area contributed by atoms with Crippen molar-refractivity contribution in [3.63, 3.8) is 0 Å². The number of amides is 1. The Morgan fingerprint density at radius 3 is 2.33 bits per heavy atom. The summed E-state index contributed by atoms with van der Waals surface area (Å²) in [6.07, 6.45) is 1.46. The standard InChI is InChI=1S/C25H30Cl2N8O5/c1-4-35(12-14-11-30-22-19(31-14)21(28)33-25(29)34-22)20-15(26)9-13(10-16(20)27)23(37)32-17(24(38)40-6-3)7-8-18(36)39-5-2/h9-11,17H,4-8,12H2,1-3H3,(H,32,37)(H4,28,29,30,33,34). The number of carbonyl (C=O) groups is 3. The third-order valence-corrected chi connectivity index (χ3v) is 6.23. The largest absolute Gasteiger partial charge is 0.466 e. The minimum Gasteiger partial charge on any atom is -0.466 e. The summed E-state index contributed by atoms with van der Waals surface area (Å²) in [6, 6.07) is 1.81. The van der Waals surface area contributed by atoms with Crippen LogP contribution in [0.5, 0.6) is 0 Å². The Hall–Kier alpha value is -3.97. The smallest absolute Gasteiger partial charge is 0.328 e. The fourth-order valence-electron chi connectivity index (χ4n) is 3.83. The molecule has 5 N–H and O–H groups in total. The van der Waals surface area contributed by atoms with Crippen molar-refractivity contribution in [2.45, 2.75) is 46.2 Å². The first-order chi connectivity index (χ1) is 19.1. The summed E-state index contributed by atoms with van der Waals surface area (Å²) in [5.41, 5.74) is 13.3. The van der Waals surface area contributed by atoms with Gasteiger partial charge in [0.15, 0.2) is 17.0 Å². The molecule has 0 aliphatic rings. The molecule has 0 saturated carbocycles. The van der Waals surface area contributed by atoms with E-state index >= 15 is 0 Å². The zero-order valence-corrected chi connectivity index (χ0v) is 23.8. The van der Waals surface area contributed by atoms with Gasteiger partial charge < -0.3 is 31.2 Å². The number of anilines is 3. The number of fused-ring (bicyclic) bond motifs is 1. The highest BCUT2D eigenvalue weighted by molar-refractivity contribution is 6.39. The van der Waals surface area contributed by atoms with Gasteiger partial charge in [0.1, 0.15) is 6.04 Å². The van der Waals surface area contributed by atoms with E-state index < -0.39 is 23.9 Å². The van der Waals surface area contributed by atoms with Gasteiger partial charge >= 0.3 is 11.9 Å². The molecule has 0 saturated heterocycles. The quantitative estimate of drug-likeness (QED) is 0.261. The first-order valence-electron chi connectivity index (χ1n) is 12.5. The van der Waals surface area contributed by atoms with Gasteiger partial charge in [-0.3, -0.25) is 9.59 Å². The van der Waals surface area contributed by atoms with Crippen LogP contribution in [0.4, 0.5) is 17.5 Å². The van der Waals surface area contributed by atoms with Crippen molar-refractivity contribution in [3.8, 4) is 0 Å². The van der Waals surface area contributed by atoms with Gasteiger partial charge in [-0.05, 0) is 39.3 Å². The molecule has 15 heteroatoms. The highest BCUT2D eigenvalue weighted by Crippen LogP contribution is 2.36. The van der Waals surface area contributed by atoms with Crippen molar-refractivity contribution in [3.05, 3.63) is 39.6 Å². The molecule has 3 aromatic rings. The van der Waals surface area contributed by atoms with Crippen molar-refractivity contribution in [1.82, 2.24) is 25.3 Å². The van der Waals surface area contributed by atoms with Gasteiger partial charge in [0, 0.05) is 18.5 Å². The lowest BCUT2D eigenvalue weighted by Crippen LogP contribution is -2.42. The number of benzene rings is 1. The van der Waals surface area contributed by atoms with E-state index in [1.807, 2.05) is 11.8 Å². The molecule has 1 amide bonds. The topological polar surface area (TPSA) is 189 Å². The van der Waals surface area contributed by atoms with E-state index in [9.17, 15) is 14.4 Å². The molecule has 2 heterocycles. The van der Waals surface area contributed by atoms with Gasteiger partial charge in [0.05, 0.1) is 47.4 Å². The van der Waals surface area contributed by atoms with Crippen LogP contribution < -0.4 is 21.7 Å². The molecule has 0 aliphatic heterocycles. The Morgan fingerprint density at radius 1 is 1.02 bits per heavy atom. The average molecular weight is 593 g/mol. The molecule has 214 valence electrons. The molecule has 0 radical (unpaired) electrons. The second-order valence-corrected chi connectivity index (χ2v) is 9.24. The molecule has 1 aromatic carbocycles. The number of nitrogens with zero attached hydrogens (tertiary/aromatic N) is 5. The predicted molar refractivity (Wildman–Crippen MR) is 151 cm³/mol. The number of nitrogens with one attached hydrogen (secondary N) is 1. The number of carbonyl (C=O) groups excluding carboxylic acids is 3. The first-order valence-corrected chi connectivity index (χ1v) is 13.2. The molecule has 1 unspecified atom stereocenters. The Bertz CT molecular complexity index is 1380. The van der Waals surface area contributed by atoms with Crippen LogP contribution in [0.1, 0.15) is 49.7 Å². The van der Waals surface area contributed by atoms with E-state index in [2.05, 4.69) is 25.3 Å². The third kappa shape index (κ3) is 7.57. The summed E-state index contributed by atoms with van der Waals surface area (Å²) in [7, 11) is 0. The summed E-state index contributed by atoms with van der Waals surface area (Å²) >= 11 is 13.2. The Labute approximate surface area is 240 Å². The minimum atomic E-state index is -1.07. The van der Waals surface area contributed by atoms with E-state index in [1.54, 1.807) is 13.8 Å². The Balaban J connectivity index is 1.81. The molecular formula is C25H30Cl2N8O5. The fourth-order valence-corrected chi connectivity index (χ4v) is 4.56. The van der Waals surface area contributed by atoms with Crippen molar-refractivity contribution >= 4 is 69.7 Å². The Kier molecular flexibility index (Phi) is 10.6. The van der Waals surface area contributed by atoms with Gasteiger partial charge in [-0.2, -0.15) is 9.97 Å². The number of nitrogen functional groups attached to an aromatic ring is 2. The van der Waals surface area contributed by atoms with Crippen molar-refractivity contribution in [2.24, 2.45) is 0 Å². The molecule has 13 nitrogen and oxygen atoms in total. The molecule has 3 rings (SSSR count). The minimum absolute atomic E-state index is 0.00150. The summed E-state index contributed by atoms with van der Waals surface area (Å²) in [6.45, 7) is 6.27. The highest BCUT2D eigenvalue weighted by atomic mass is 35.5. The number of esters is 2. The van der Waals surface area contributed by atoms with Crippen molar-refractivity contribution < 1.29 is 23.9 Å². The van der Waals surface area contributed by atoms with Gasteiger partial charge in [0.2, 0.25) is 5.95 Å². The summed E-state index contributed by atoms with van der Waals surface area (Å²) in [5.74, 6) is -1.67. The lowest BCUT2D eigenvalue weighted by molar-refractivity contribution is -0.146. The van der Waals surface area contributed by atoms with Gasteiger partial charge in [-0.25, -0.2) is 14.8 Å². The summed E-state index contributed by atoms with van der Waals surface area (Å²) in [5, 5.41) is 2.99. The monoisotopic (exact) mass is 592 g/mol. The van der Waals surface area contributed by atoms with Crippen LogP contribution in [-0.4, -0.2) is 63.6 Å². The maximum Gasteiger partial charge on any atom is 0.328 e. The van der Waals surface area contributed by atoms with E-state index in [0.29, 0.717) is 23.4 Å². The lowest BCUT2D eigenvalue weighted by Gasteiger charge is -2.25. The molecule has 2 aromatic heterocycles. The van der Waals surface area contributed by atoms with E-state index in [1.165, 1.54) is 18.3 Å². The van der Waals surface area contributed by atoms with E-state index in [4.69, 9.17) is 44.1 Å². The number of nitrogens with two attached hydrogens (primary N) is 2. The number of hydrogen-bond donors (Lipinski definition) is 3. The molecule has 0 spiro atoms. The number of aromatic nitrogens is 4. The molecule has 0 bridgehead atoms. The Morgan fingerprint density at radius 2 is 1.70 bits per heavy atom. The van der Waals surface area contributed by atoms with Gasteiger partial charge in [-0.15, -0.1) is 0 Å². The van der Waals surface area contributed by atoms with E-state index in [-0.39, 0.29) is 65.6 Å². The molecule has 0 fully saturated rings. The zero-order valence-electron chi connectivity index (χ0n) is 22.2. The average Bonchev–Trinajstić information content (AvgIpc) is 2.90. The second-order valence-electron chi connectivity index (χ2n) is 8.43. The maximum atomic E-state index is 13.0. The second kappa shape index (κ2) is 13.9. The summed E-state index contributed by atoms with van der Waals surface area (Å²) in [4.78, 5) is 55.8. The normalized spacial score (nSPS) is 11.6. The lowest BCUT2D eigenvalue weighted by atomic mass is 10.1. The fraction of sp³-hybridized carbons (Fsp3) is 0.400. The van der Waals surface area contributed by atoms with Crippen LogP contribution in [0.3, 0.4) is 0 Å². The molecular weight excluding hydrogens is 563 g/mol. The van der Waals surface area contributed by atoms with Gasteiger partial charge in [0.25, 0.3) is 5.91 Å². The number of hydrogen-bond acceptors (Lipinski definition) is 12. The maximum absolute atomic E-state index is 13.0. The highest BCUT2D eigenvalue weighted by Gasteiger charge is 2.25. The third-order valence-electron chi connectivity index (χ3n) is 5.65. The predicted octanol–water partition coefficient (Wildman–Crippen LogP) is 2.92. The van der Waals surface area contributed by atoms with Crippen LogP contribution in [0.25, 0.3) is 11.2 Å². The molecule has 1 atom stereocenters. The van der Waals surface area contributed by atoms with Crippen LogP contribution in [0.15, 0.2) is 18.3 Å². The van der Waals surface area contributed by atoms with Crippen LogP contribution in [0.2, 0.25) is 10.0 Å². The first kappa shape index (κ1) is 30.6. The zero-order chi connectivity index (χ0) is 29.4. The van der Waals surface area contributed by atoms with Crippen LogP contribution in [0, 0.1) is 0 Å². The van der Waals surface area contributed by atoms with E-state index in [0.717, 1.165) is 0 Å². The molecule has 40 heavy (non-hydrogen) atoms. The van der Waals surface area contributed by atoms with Crippen molar-refractivity contribution in [2.75, 3.05) is 36.1 Å². The van der Waals surface area contributed by atoms with Crippen LogP contribution in [-0.2, 0) is 25.6 Å².